The van der Waals surface area contributed by atoms with Crippen molar-refractivity contribution < 1.29 is 9.32 Å². The SMILES string of the molecule is CC(C(=O)c1cc(-c2ccccc2)no1)C(C)N1CCCC1.Cl. The molecule has 0 spiro atoms. The van der Waals surface area contributed by atoms with Gasteiger partial charge in [0.2, 0.25) is 11.5 Å². The van der Waals surface area contributed by atoms with Crippen molar-refractivity contribution in [2.24, 2.45) is 5.92 Å². The van der Waals surface area contributed by atoms with Crippen LogP contribution in [0.3, 0.4) is 0 Å². The molecular formula is C18H23ClN2O2. The number of carbonyl (C=O) groups is 1. The van der Waals surface area contributed by atoms with Crippen LogP contribution in [-0.2, 0) is 0 Å². The van der Waals surface area contributed by atoms with E-state index in [1.54, 1.807) is 6.07 Å². The second-order valence-electron chi connectivity index (χ2n) is 6.08. The lowest BCUT2D eigenvalue weighted by Gasteiger charge is -2.27. The summed E-state index contributed by atoms with van der Waals surface area (Å²) in [5.41, 5.74) is 1.68. The van der Waals surface area contributed by atoms with Crippen molar-refractivity contribution >= 4 is 18.2 Å². The molecule has 3 rings (SSSR count). The minimum Gasteiger partial charge on any atom is -0.352 e. The number of hydrogen-bond acceptors (Lipinski definition) is 4. The first-order valence-electron chi connectivity index (χ1n) is 7.97. The molecule has 124 valence electrons. The number of carbonyl (C=O) groups excluding carboxylic acids is 1. The van der Waals surface area contributed by atoms with Crippen molar-refractivity contribution in [2.45, 2.75) is 32.7 Å². The highest BCUT2D eigenvalue weighted by Gasteiger charge is 2.30. The first kappa shape index (κ1) is 17.7. The van der Waals surface area contributed by atoms with Crippen LogP contribution in [0.25, 0.3) is 11.3 Å². The number of aromatic nitrogens is 1. The van der Waals surface area contributed by atoms with Crippen molar-refractivity contribution in [1.82, 2.24) is 10.1 Å². The number of likely N-dealkylation sites (tertiary alicyclic amines) is 1. The van der Waals surface area contributed by atoms with E-state index in [9.17, 15) is 4.79 Å². The van der Waals surface area contributed by atoms with Gasteiger partial charge in [-0.2, -0.15) is 0 Å². The van der Waals surface area contributed by atoms with Crippen LogP contribution in [0.4, 0.5) is 0 Å². The van der Waals surface area contributed by atoms with E-state index < -0.39 is 0 Å². The van der Waals surface area contributed by atoms with E-state index in [0.717, 1.165) is 18.7 Å². The topological polar surface area (TPSA) is 46.3 Å². The number of Topliss-reactive ketones (excluding diaryl/α,β-unsaturated/α-hetero) is 1. The van der Waals surface area contributed by atoms with Crippen LogP contribution in [0.2, 0.25) is 0 Å². The Balaban J connectivity index is 0.00000192. The average molecular weight is 335 g/mol. The first-order valence-corrected chi connectivity index (χ1v) is 7.97. The van der Waals surface area contributed by atoms with E-state index >= 15 is 0 Å². The highest BCUT2D eigenvalue weighted by molar-refractivity contribution is 5.96. The second-order valence-corrected chi connectivity index (χ2v) is 6.08. The Labute approximate surface area is 143 Å². The highest BCUT2D eigenvalue weighted by atomic mass is 35.5. The summed E-state index contributed by atoms with van der Waals surface area (Å²) in [5, 5.41) is 4.04. The third-order valence-corrected chi connectivity index (χ3v) is 4.68. The van der Waals surface area contributed by atoms with Crippen LogP contribution in [0, 0.1) is 5.92 Å². The zero-order valence-electron chi connectivity index (χ0n) is 13.6. The predicted molar refractivity (Wildman–Crippen MR) is 93.0 cm³/mol. The summed E-state index contributed by atoms with van der Waals surface area (Å²) in [5.74, 6) is 0.307. The molecule has 0 aliphatic carbocycles. The Bertz CT molecular complexity index is 635. The minimum atomic E-state index is -0.0883. The molecule has 2 atom stereocenters. The maximum atomic E-state index is 12.6. The maximum absolute atomic E-state index is 12.6. The molecule has 1 aliphatic heterocycles. The fourth-order valence-electron chi connectivity index (χ4n) is 3.04. The van der Waals surface area contributed by atoms with Gasteiger partial charge >= 0.3 is 0 Å². The number of rotatable bonds is 5. The van der Waals surface area contributed by atoms with Gasteiger partial charge in [-0.15, -0.1) is 12.4 Å². The third kappa shape index (κ3) is 3.82. The van der Waals surface area contributed by atoms with Crippen LogP contribution in [0.5, 0.6) is 0 Å². The number of ketones is 1. The van der Waals surface area contributed by atoms with Gasteiger partial charge in [-0.05, 0) is 32.9 Å². The van der Waals surface area contributed by atoms with Gasteiger partial charge in [-0.25, -0.2) is 0 Å². The summed E-state index contributed by atoms with van der Waals surface area (Å²) in [6, 6.07) is 11.8. The average Bonchev–Trinajstić information content (AvgIpc) is 3.25. The molecule has 1 aliphatic rings. The Morgan fingerprint density at radius 3 is 2.48 bits per heavy atom. The Hall–Kier alpha value is -1.65. The molecule has 1 saturated heterocycles. The highest BCUT2D eigenvalue weighted by Crippen LogP contribution is 2.24. The molecule has 1 aromatic heterocycles. The Kier molecular flexibility index (Phi) is 5.97. The van der Waals surface area contributed by atoms with Gasteiger partial charge in [0.05, 0.1) is 0 Å². The number of halogens is 1. The van der Waals surface area contributed by atoms with E-state index in [1.807, 2.05) is 37.3 Å². The van der Waals surface area contributed by atoms with Crippen LogP contribution in [0.15, 0.2) is 40.9 Å². The van der Waals surface area contributed by atoms with Gasteiger partial charge in [0.25, 0.3) is 0 Å². The summed E-state index contributed by atoms with van der Waals surface area (Å²) in [6.07, 6.45) is 2.46. The van der Waals surface area contributed by atoms with Crippen LogP contribution < -0.4 is 0 Å². The van der Waals surface area contributed by atoms with Gasteiger partial charge < -0.3 is 4.52 Å². The van der Waals surface area contributed by atoms with Crippen LogP contribution in [-0.4, -0.2) is 35.0 Å². The third-order valence-electron chi connectivity index (χ3n) is 4.68. The molecule has 1 fully saturated rings. The van der Waals surface area contributed by atoms with Crippen molar-refractivity contribution in [3.8, 4) is 11.3 Å². The molecule has 1 aromatic carbocycles. The van der Waals surface area contributed by atoms with E-state index in [4.69, 9.17) is 4.52 Å². The van der Waals surface area contributed by atoms with E-state index in [2.05, 4.69) is 17.0 Å². The summed E-state index contributed by atoms with van der Waals surface area (Å²) in [6.45, 7) is 6.29. The summed E-state index contributed by atoms with van der Waals surface area (Å²) in [7, 11) is 0. The number of benzene rings is 1. The van der Waals surface area contributed by atoms with Crippen molar-refractivity contribution in [1.29, 1.82) is 0 Å². The lowest BCUT2D eigenvalue weighted by Crippen LogP contribution is -2.38. The molecule has 23 heavy (non-hydrogen) atoms. The Morgan fingerprint density at radius 2 is 1.83 bits per heavy atom. The van der Waals surface area contributed by atoms with Crippen LogP contribution >= 0.6 is 12.4 Å². The van der Waals surface area contributed by atoms with Gasteiger partial charge in [0.15, 0.2) is 0 Å². The van der Waals surface area contributed by atoms with Crippen molar-refractivity contribution in [3.05, 3.63) is 42.2 Å². The number of hydrogen-bond donors (Lipinski definition) is 0. The van der Waals surface area contributed by atoms with Crippen LogP contribution in [0.1, 0.15) is 37.2 Å². The van der Waals surface area contributed by atoms with E-state index in [1.165, 1.54) is 12.8 Å². The quantitative estimate of drug-likeness (QED) is 0.773. The molecule has 2 unspecified atom stereocenters. The molecule has 0 bridgehead atoms. The molecule has 2 heterocycles. The molecule has 5 heteroatoms. The fraction of sp³-hybridized carbons (Fsp3) is 0.444. The molecule has 0 N–H and O–H groups in total. The molecular weight excluding hydrogens is 312 g/mol. The molecule has 4 nitrogen and oxygen atoms in total. The predicted octanol–water partition coefficient (Wildman–Crippen LogP) is 4.07. The summed E-state index contributed by atoms with van der Waals surface area (Å²) >= 11 is 0. The Morgan fingerprint density at radius 1 is 1.17 bits per heavy atom. The summed E-state index contributed by atoms with van der Waals surface area (Å²) < 4.78 is 5.30. The molecule has 0 saturated carbocycles. The number of nitrogens with zero attached hydrogens (tertiary/aromatic N) is 2. The van der Waals surface area contributed by atoms with Gasteiger partial charge in [0, 0.05) is 23.6 Å². The molecule has 0 amide bonds. The smallest absolute Gasteiger partial charge is 0.205 e. The fourth-order valence-corrected chi connectivity index (χ4v) is 3.04. The largest absolute Gasteiger partial charge is 0.352 e. The lowest BCUT2D eigenvalue weighted by atomic mass is 9.95. The van der Waals surface area contributed by atoms with Gasteiger partial charge in [-0.1, -0.05) is 42.4 Å². The molecule has 2 aromatic rings. The van der Waals surface area contributed by atoms with Crippen molar-refractivity contribution in [2.75, 3.05) is 13.1 Å². The zero-order valence-corrected chi connectivity index (χ0v) is 14.4. The minimum absolute atomic E-state index is 0. The monoisotopic (exact) mass is 334 g/mol. The van der Waals surface area contributed by atoms with Crippen molar-refractivity contribution in [3.63, 3.8) is 0 Å². The first-order chi connectivity index (χ1) is 10.7. The lowest BCUT2D eigenvalue weighted by molar-refractivity contribution is 0.0808. The molecule has 0 radical (unpaired) electrons. The maximum Gasteiger partial charge on any atom is 0.205 e. The van der Waals surface area contributed by atoms with Gasteiger partial charge in [-0.3, -0.25) is 9.69 Å². The second kappa shape index (κ2) is 7.75. The van der Waals surface area contributed by atoms with E-state index in [-0.39, 0.29) is 30.2 Å². The standard InChI is InChI=1S/C18H22N2O2.ClH/c1-13(14(2)20-10-6-7-11-20)18(21)17-12-16(19-22-17)15-8-4-3-5-9-15;/h3-5,8-9,12-14H,6-7,10-11H2,1-2H3;1H. The zero-order chi connectivity index (χ0) is 15.5. The normalized spacial score (nSPS) is 17.5. The van der Waals surface area contributed by atoms with E-state index in [0.29, 0.717) is 11.5 Å². The summed E-state index contributed by atoms with van der Waals surface area (Å²) in [4.78, 5) is 15.0. The van der Waals surface area contributed by atoms with Gasteiger partial charge in [0.1, 0.15) is 5.69 Å².